The molecule has 0 unspecified atom stereocenters. The molecule has 0 saturated carbocycles. The minimum atomic E-state index is -3.28. The molecule has 0 aliphatic carbocycles. The van der Waals surface area contributed by atoms with Crippen LogP contribution in [0.5, 0.6) is 0 Å². The minimum absolute atomic E-state index is 0.214. The van der Waals surface area contributed by atoms with Gasteiger partial charge in [-0.3, -0.25) is 9.36 Å². The maximum atomic E-state index is 13.0. The Balaban J connectivity index is 1.75. The van der Waals surface area contributed by atoms with E-state index in [9.17, 15) is 13.2 Å². The highest BCUT2D eigenvalue weighted by Crippen LogP contribution is 2.33. The van der Waals surface area contributed by atoms with Gasteiger partial charge in [0.05, 0.1) is 20.5 Å². The second-order valence-corrected chi connectivity index (χ2v) is 9.74. The van der Waals surface area contributed by atoms with Crippen LogP contribution in [0.25, 0.3) is 22.2 Å². The van der Waals surface area contributed by atoms with Crippen LogP contribution < -0.4 is 10.9 Å². The minimum Gasteiger partial charge on any atom is -0.324 e. The van der Waals surface area contributed by atoms with Crippen molar-refractivity contribution >= 4 is 55.7 Å². The number of sulfone groups is 1. The van der Waals surface area contributed by atoms with E-state index in [1.165, 1.54) is 16.7 Å². The van der Waals surface area contributed by atoms with Gasteiger partial charge in [0.2, 0.25) is 5.95 Å². The maximum Gasteiger partial charge on any atom is 0.259 e. The number of anilines is 2. The molecule has 0 amide bonds. The summed E-state index contributed by atoms with van der Waals surface area (Å²) >= 11 is 12.6. The number of nitrogens with zero attached hydrogens (tertiary/aromatic N) is 3. The third-order valence-electron chi connectivity index (χ3n) is 4.72. The molecule has 158 valence electrons. The normalized spacial score (nSPS) is 11.6. The average molecular weight is 475 g/mol. The third-order valence-corrected chi connectivity index (χ3v) is 6.48. The second kappa shape index (κ2) is 7.96. The zero-order valence-corrected chi connectivity index (χ0v) is 18.8. The topological polar surface area (TPSA) is 94.0 Å². The van der Waals surface area contributed by atoms with Crippen LogP contribution in [0.15, 0.2) is 64.4 Å². The van der Waals surface area contributed by atoms with Crippen molar-refractivity contribution < 1.29 is 8.42 Å². The summed E-state index contributed by atoms with van der Waals surface area (Å²) in [5, 5.41) is 4.39. The molecule has 4 aromatic rings. The lowest BCUT2D eigenvalue weighted by Gasteiger charge is -2.12. The molecule has 2 aromatic heterocycles. The first kappa shape index (κ1) is 21.3. The summed E-state index contributed by atoms with van der Waals surface area (Å²) < 4.78 is 24.6. The van der Waals surface area contributed by atoms with Gasteiger partial charge in [0.15, 0.2) is 9.84 Å². The molecule has 2 aromatic carbocycles. The predicted octanol–water partition coefficient (Wildman–Crippen LogP) is 4.45. The number of pyridine rings is 1. The highest BCUT2D eigenvalue weighted by Gasteiger charge is 2.16. The first-order chi connectivity index (χ1) is 14.6. The van der Waals surface area contributed by atoms with Crippen molar-refractivity contribution in [1.82, 2.24) is 14.5 Å². The largest absolute Gasteiger partial charge is 0.324 e. The van der Waals surface area contributed by atoms with Crippen LogP contribution in [0.2, 0.25) is 10.0 Å². The van der Waals surface area contributed by atoms with E-state index >= 15 is 0 Å². The van der Waals surface area contributed by atoms with Gasteiger partial charge < -0.3 is 5.32 Å². The third kappa shape index (κ3) is 4.14. The SMILES string of the molecule is Cn1c(=O)c(-c2c(Cl)cccc2Cl)cc2cnc(Nc3ccc(S(C)(=O)=O)cc3)nc21. The van der Waals surface area contributed by atoms with Crippen LogP contribution in [0.4, 0.5) is 11.6 Å². The summed E-state index contributed by atoms with van der Waals surface area (Å²) in [6.45, 7) is 0. The van der Waals surface area contributed by atoms with E-state index in [-0.39, 0.29) is 16.4 Å². The van der Waals surface area contributed by atoms with Gasteiger partial charge in [0, 0.05) is 36.1 Å². The van der Waals surface area contributed by atoms with Crippen LogP contribution in [0.3, 0.4) is 0 Å². The van der Waals surface area contributed by atoms with Gasteiger partial charge in [-0.25, -0.2) is 13.4 Å². The zero-order valence-electron chi connectivity index (χ0n) is 16.4. The average Bonchev–Trinajstić information content (AvgIpc) is 2.71. The molecule has 10 heteroatoms. The molecule has 4 rings (SSSR count). The van der Waals surface area contributed by atoms with Crippen LogP contribution >= 0.6 is 23.2 Å². The monoisotopic (exact) mass is 474 g/mol. The molecule has 7 nitrogen and oxygen atoms in total. The van der Waals surface area contributed by atoms with Crippen LogP contribution in [-0.4, -0.2) is 29.2 Å². The quantitative estimate of drug-likeness (QED) is 0.469. The van der Waals surface area contributed by atoms with Gasteiger partial charge in [0.25, 0.3) is 5.56 Å². The predicted molar refractivity (Wildman–Crippen MR) is 123 cm³/mol. The summed E-state index contributed by atoms with van der Waals surface area (Å²) in [5.41, 5.74) is 1.54. The van der Waals surface area contributed by atoms with E-state index in [1.54, 1.807) is 49.6 Å². The molecule has 0 saturated heterocycles. The summed E-state index contributed by atoms with van der Waals surface area (Å²) in [4.78, 5) is 22.0. The summed E-state index contributed by atoms with van der Waals surface area (Å²) in [6, 6.07) is 12.9. The van der Waals surface area contributed by atoms with Crippen molar-refractivity contribution in [2.24, 2.45) is 7.05 Å². The molecule has 31 heavy (non-hydrogen) atoms. The first-order valence-electron chi connectivity index (χ1n) is 9.03. The Hall–Kier alpha value is -2.94. The van der Waals surface area contributed by atoms with E-state index in [2.05, 4.69) is 15.3 Å². The second-order valence-electron chi connectivity index (χ2n) is 6.91. The molecule has 0 aliphatic heterocycles. The number of nitrogens with one attached hydrogen (secondary N) is 1. The molecule has 0 atom stereocenters. The Kier molecular flexibility index (Phi) is 5.47. The Bertz CT molecular complexity index is 1460. The van der Waals surface area contributed by atoms with Crippen molar-refractivity contribution in [3.05, 3.63) is 75.1 Å². The molecule has 0 bridgehead atoms. The Labute approximate surface area is 188 Å². The lowest BCUT2D eigenvalue weighted by molar-refractivity contribution is 0.602. The summed E-state index contributed by atoms with van der Waals surface area (Å²) in [5.74, 6) is 0.262. The van der Waals surface area contributed by atoms with Gasteiger partial charge in [-0.05, 0) is 42.5 Å². The van der Waals surface area contributed by atoms with Crippen LogP contribution in [0, 0.1) is 0 Å². The van der Waals surface area contributed by atoms with Gasteiger partial charge in [-0.15, -0.1) is 0 Å². The van der Waals surface area contributed by atoms with E-state index in [1.807, 2.05) is 0 Å². The van der Waals surface area contributed by atoms with Crippen molar-refractivity contribution in [2.45, 2.75) is 4.90 Å². The highest BCUT2D eigenvalue weighted by atomic mass is 35.5. The molecule has 0 aliphatic rings. The number of aromatic nitrogens is 3. The fraction of sp³-hybridized carbons (Fsp3) is 0.0952. The van der Waals surface area contributed by atoms with Crippen molar-refractivity contribution in [3.63, 3.8) is 0 Å². The lowest BCUT2D eigenvalue weighted by atomic mass is 10.1. The highest BCUT2D eigenvalue weighted by molar-refractivity contribution is 7.90. The number of halogens is 2. The van der Waals surface area contributed by atoms with Gasteiger partial charge in [0.1, 0.15) is 5.65 Å². The van der Waals surface area contributed by atoms with Crippen molar-refractivity contribution in [1.29, 1.82) is 0 Å². The van der Waals surface area contributed by atoms with E-state index in [4.69, 9.17) is 23.2 Å². The molecule has 1 N–H and O–H groups in total. The summed E-state index contributed by atoms with van der Waals surface area (Å²) in [6.07, 6.45) is 2.73. The van der Waals surface area contributed by atoms with Crippen molar-refractivity contribution in [3.8, 4) is 11.1 Å². The Morgan fingerprint density at radius 1 is 1.03 bits per heavy atom. The number of rotatable bonds is 4. The van der Waals surface area contributed by atoms with E-state index in [0.717, 1.165) is 6.26 Å². The fourth-order valence-corrected chi connectivity index (χ4v) is 4.39. The van der Waals surface area contributed by atoms with Crippen LogP contribution in [-0.2, 0) is 16.9 Å². The number of hydrogen-bond acceptors (Lipinski definition) is 6. The van der Waals surface area contributed by atoms with E-state index < -0.39 is 9.84 Å². The maximum absolute atomic E-state index is 13.0. The molecule has 0 fully saturated rings. The smallest absolute Gasteiger partial charge is 0.259 e. The first-order valence-corrected chi connectivity index (χ1v) is 11.7. The number of aryl methyl sites for hydroxylation is 1. The molecule has 0 radical (unpaired) electrons. The lowest BCUT2D eigenvalue weighted by Crippen LogP contribution is -2.20. The zero-order chi connectivity index (χ0) is 22.3. The van der Waals surface area contributed by atoms with Crippen molar-refractivity contribution in [2.75, 3.05) is 11.6 Å². The number of benzene rings is 2. The van der Waals surface area contributed by atoms with Gasteiger partial charge in [-0.1, -0.05) is 29.3 Å². The Morgan fingerprint density at radius 2 is 1.68 bits per heavy atom. The molecule has 0 spiro atoms. The Morgan fingerprint density at radius 3 is 2.29 bits per heavy atom. The van der Waals surface area contributed by atoms with E-state index in [0.29, 0.717) is 37.9 Å². The van der Waals surface area contributed by atoms with Gasteiger partial charge >= 0.3 is 0 Å². The summed E-state index contributed by atoms with van der Waals surface area (Å²) in [7, 11) is -1.67. The molecular weight excluding hydrogens is 459 g/mol. The van der Waals surface area contributed by atoms with Gasteiger partial charge in [-0.2, -0.15) is 4.98 Å². The fourth-order valence-electron chi connectivity index (χ4n) is 3.16. The number of fused-ring (bicyclic) bond motifs is 1. The molecule has 2 heterocycles. The number of hydrogen-bond donors (Lipinski definition) is 1. The standard InChI is InChI=1S/C21H16Cl2N4O3S/c1-27-19-12(10-15(20(27)28)18-16(22)4-3-5-17(18)23)11-24-21(26-19)25-13-6-8-14(9-7-13)31(2,29)30/h3-11H,1-2H3,(H,24,25,26). The molecular formula is C21H16Cl2N4O3S. The van der Waals surface area contributed by atoms with Crippen LogP contribution in [0.1, 0.15) is 0 Å².